The monoisotopic (exact) mass is 643 g/mol. The molecule has 2 heterocycles. The van der Waals surface area contributed by atoms with Gasteiger partial charge in [0, 0.05) is 5.69 Å². The van der Waals surface area contributed by atoms with E-state index in [1.807, 2.05) is 97.9 Å². The second kappa shape index (κ2) is 11.7. The number of hydrogen-bond donors (Lipinski definition) is 2. The average molecular weight is 644 g/mol. The minimum atomic E-state index is -3.77. The fourth-order valence-corrected chi connectivity index (χ4v) is 9.33. The Hall–Kier alpha value is -4.89. The van der Waals surface area contributed by atoms with Gasteiger partial charge in [-0.1, -0.05) is 97.1 Å². The fraction of sp³-hybridized carbons (Fsp3) is 0.263. The number of rotatable bonds is 7. The summed E-state index contributed by atoms with van der Waals surface area (Å²) in [7, 11) is -3.77. The quantitative estimate of drug-likeness (QED) is 0.181. The molecule has 8 nitrogen and oxygen atoms in total. The summed E-state index contributed by atoms with van der Waals surface area (Å²) in [6.45, 7) is 2.38. The van der Waals surface area contributed by atoms with Crippen LogP contribution in [0.1, 0.15) is 64.8 Å². The summed E-state index contributed by atoms with van der Waals surface area (Å²) in [6, 6.07) is 31.2. The zero-order chi connectivity index (χ0) is 32.0. The minimum absolute atomic E-state index is 0.0483. The number of fused-ring (bicyclic) bond motifs is 3. The molecule has 47 heavy (non-hydrogen) atoms. The highest BCUT2D eigenvalue weighted by atomic mass is 32.2. The van der Waals surface area contributed by atoms with E-state index in [1.54, 1.807) is 4.68 Å². The molecule has 4 aromatic carbocycles. The van der Waals surface area contributed by atoms with Crippen molar-refractivity contribution in [3.8, 4) is 5.88 Å². The first-order valence-electron chi connectivity index (χ1n) is 16.4. The Labute approximate surface area is 275 Å². The highest BCUT2D eigenvalue weighted by molar-refractivity contribution is 7.92. The van der Waals surface area contributed by atoms with E-state index in [-0.39, 0.29) is 10.9 Å². The van der Waals surface area contributed by atoms with E-state index in [0.29, 0.717) is 12.5 Å². The first-order chi connectivity index (χ1) is 23.0. The van der Waals surface area contributed by atoms with Crippen molar-refractivity contribution in [3.05, 3.63) is 142 Å². The predicted molar refractivity (Wildman–Crippen MR) is 183 cm³/mol. The number of ether oxygens (including phenoxy) is 1. The van der Waals surface area contributed by atoms with Crippen molar-refractivity contribution in [2.24, 2.45) is 4.36 Å². The van der Waals surface area contributed by atoms with Gasteiger partial charge in [-0.25, -0.2) is 18.4 Å². The molecule has 0 radical (unpaired) electrons. The molecular weight excluding hydrogens is 607 g/mol. The number of amides is 2. The highest BCUT2D eigenvalue weighted by Gasteiger charge is 2.41. The van der Waals surface area contributed by atoms with Crippen LogP contribution >= 0.6 is 0 Å². The van der Waals surface area contributed by atoms with E-state index < -0.39 is 21.5 Å². The van der Waals surface area contributed by atoms with Gasteiger partial charge in [-0.05, 0) is 84.4 Å². The topological polar surface area (TPSA) is 97.6 Å². The van der Waals surface area contributed by atoms with E-state index in [0.717, 1.165) is 60.9 Å². The van der Waals surface area contributed by atoms with Crippen molar-refractivity contribution < 1.29 is 13.7 Å². The zero-order valence-electron chi connectivity index (χ0n) is 26.3. The third-order valence-corrected chi connectivity index (χ3v) is 11.5. The summed E-state index contributed by atoms with van der Waals surface area (Å²) in [6.07, 6.45) is 7.51. The largest absolute Gasteiger partial charge is 0.475 e. The molecule has 1 aliphatic heterocycles. The molecular formula is C38H37N5O3S. The van der Waals surface area contributed by atoms with E-state index in [1.165, 1.54) is 28.5 Å². The van der Waals surface area contributed by atoms with Gasteiger partial charge in [-0.2, -0.15) is 9.46 Å². The number of carbonyl (C=O) groups is 1. The molecule has 238 valence electrons. The van der Waals surface area contributed by atoms with Crippen LogP contribution in [0.3, 0.4) is 0 Å². The standard InChI is InChI=1S/C38H37N5O3S/c1-26-25-46-36-34(24-39-43(26)36)47(45,41-37(44)40-35-32-21-11-13-27(32)23-28-14-12-22-33(28)35)42-38(29-15-5-2-6-16-29,30-17-7-3-8-18-30)31-19-9-4-10-20-31/h2-10,15-20,23-24,26H,11-14,21-22,25H2,1H3,(H2,40,41,42,44,45). The molecule has 2 aliphatic carbocycles. The van der Waals surface area contributed by atoms with Gasteiger partial charge >= 0.3 is 6.03 Å². The normalized spacial score (nSPS) is 17.6. The van der Waals surface area contributed by atoms with Crippen molar-refractivity contribution in [3.63, 3.8) is 0 Å². The van der Waals surface area contributed by atoms with Crippen molar-refractivity contribution in [1.82, 2.24) is 14.5 Å². The highest BCUT2D eigenvalue weighted by Crippen LogP contribution is 2.44. The minimum Gasteiger partial charge on any atom is -0.475 e. The van der Waals surface area contributed by atoms with Crippen molar-refractivity contribution in [2.75, 3.05) is 11.9 Å². The van der Waals surface area contributed by atoms with Crippen LogP contribution < -0.4 is 14.8 Å². The van der Waals surface area contributed by atoms with Gasteiger partial charge < -0.3 is 10.1 Å². The fourth-order valence-electron chi connectivity index (χ4n) is 7.49. The summed E-state index contributed by atoms with van der Waals surface area (Å²) in [5.74, 6) is 0.358. The van der Waals surface area contributed by atoms with Crippen molar-refractivity contribution in [1.29, 1.82) is 0 Å². The molecule has 8 rings (SSSR count). The van der Waals surface area contributed by atoms with Gasteiger partial charge in [0.25, 0.3) is 0 Å². The third kappa shape index (κ3) is 5.00. The molecule has 1 aromatic heterocycles. The maximum Gasteiger partial charge on any atom is 0.331 e. The van der Waals surface area contributed by atoms with E-state index in [4.69, 9.17) is 9.10 Å². The number of urea groups is 1. The lowest BCUT2D eigenvalue weighted by atomic mass is 9.78. The number of nitrogens with one attached hydrogen (secondary N) is 2. The number of benzene rings is 4. The van der Waals surface area contributed by atoms with Crippen LogP contribution in [0.5, 0.6) is 5.88 Å². The number of nitrogens with zero attached hydrogens (tertiary/aromatic N) is 3. The Morgan fingerprint density at radius 2 is 1.38 bits per heavy atom. The first kappa shape index (κ1) is 29.5. The van der Waals surface area contributed by atoms with Crippen LogP contribution in [0.4, 0.5) is 10.5 Å². The van der Waals surface area contributed by atoms with E-state index >= 15 is 4.21 Å². The van der Waals surface area contributed by atoms with E-state index in [2.05, 4.69) is 21.2 Å². The number of carbonyl (C=O) groups excluding carboxylic acids is 1. The molecule has 2 amide bonds. The van der Waals surface area contributed by atoms with Crippen molar-refractivity contribution in [2.45, 2.75) is 61.9 Å². The van der Waals surface area contributed by atoms with Crippen molar-refractivity contribution >= 4 is 21.6 Å². The Bertz CT molecular complexity index is 1960. The second-order valence-corrected chi connectivity index (χ2v) is 14.5. The van der Waals surface area contributed by atoms with Gasteiger partial charge in [0.1, 0.15) is 17.0 Å². The molecule has 0 saturated heterocycles. The van der Waals surface area contributed by atoms with Gasteiger partial charge in [0.05, 0.1) is 12.2 Å². The smallest absolute Gasteiger partial charge is 0.331 e. The van der Waals surface area contributed by atoms with Gasteiger partial charge in [-0.3, -0.25) is 0 Å². The van der Waals surface area contributed by atoms with Gasteiger partial charge in [0.2, 0.25) is 5.88 Å². The Morgan fingerprint density at radius 3 is 1.91 bits per heavy atom. The summed E-state index contributed by atoms with van der Waals surface area (Å²) in [4.78, 5) is 14.5. The van der Waals surface area contributed by atoms with Crippen LogP contribution in [0.2, 0.25) is 0 Å². The Balaban J connectivity index is 1.35. The average Bonchev–Trinajstić information content (AvgIpc) is 3.91. The van der Waals surface area contributed by atoms with Crippen LogP contribution in [-0.2, 0) is 41.1 Å². The van der Waals surface area contributed by atoms with Gasteiger partial charge in [-0.15, -0.1) is 0 Å². The third-order valence-electron chi connectivity index (χ3n) is 9.68. The molecule has 9 heteroatoms. The maximum absolute atomic E-state index is 15.8. The molecule has 3 aliphatic rings. The molecule has 0 fully saturated rings. The number of hydrogen-bond acceptors (Lipinski definition) is 5. The lowest BCUT2D eigenvalue weighted by Crippen LogP contribution is -2.38. The molecule has 0 spiro atoms. The molecule has 0 bridgehead atoms. The molecule has 2 unspecified atom stereocenters. The summed E-state index contributed by atoms with van der Waals surface area (Å²) in [5, 5.41) is 7.74. The lowest BCUT2D eigenvalue weighted by molar-refractivity contribution is 0.256. The lowest BCUT2D eigenvalue weighted by Gasteiger charge is -2.33. The Morgan fingerprint density at radius 1 is 0.851 bits per heavy atom. The zero-order valence-corrected chi connectivity index (χ0v) is 27.1. The number of aromatic nitrogens is 2. The summed E-state index contributed by atoms with van der Waals surface area (Å²) in [5.41, 5.74) is 7.04. The second-order valence-electron chi connectivity index (χ2n) is 12.6. The van der Waals surface area contributed by atoms with Crippen LogP contribution in [0, 0.1) is 0 Å². The maximum atomic E-state index is 15.8. The molecule has 2 N–H and O–H groups in total. The van der Waals surface area contributed by atoms with Gasteiger partial charge in [0.15, 0.2) is 9.92 Å². The first-order valence-corrected chi connectivity index (χ1v) is 17.9. The predicted octanol–water partition coefficient (Wildman–Crippen LogP) is 7.37. The SMILES string of the molecule is CC1COc2c(S(=O)(=NC(c3ccccc3)(c3ccccc3)c3ccccc3)NC(=O)Nc3c4c(cc5c3CCC5)CCC4)cnn21. The van der Waals surface area contributed by atoms with Crippen LogP contribution in [0.25, 0.3) is 0 Å². The van der Waals surface area contributed by atoms with Crippen LogP contribution in [0.15, 0.2) is 113 Å². The summed E-state index contributed by atoms with van der Waals surface area (Å²) < 4.78 is 31.9. The number of aryl methyl sites for hydroxylation is 2. The Kier molecular flexibility index (Phi) is 7.36. The molecule has 0 saturated carbocycles. The van der Waals surface area contributed by atoms with Crippen LogP contribution in [-0.4, -0.2) is 26.6 Å². The molecule has 5 aromatic rings. The van der Waals surface area contributed by atoms with E-state index in [9.17, 15) is 4.79 Å². The summed E-state index contributed by atoms with van der Waals surface area (Å²) >= 11 is 0. The molecule has 2 atom stereocenters. The number of anilines is 1.